The molecule has 3 aromatic carbocycles. The third-order valence-corrected chi connectivity index (χ3v) is 5.85. The molecular weight excluding hydrogens is 422 g/mol. The third kappa shape index (κ3) is 7.00. The van der Waals surface area contributed by atoms with E-state index in [1.807, 2.05) is 49.4 Å². The minimum atomic E-state index is -0.508. The Morgan fingerprint density at radius 1 is 1.12 bits per heavy atom. The number of hydroxylamine groups is 1. The highest BCUT2D eigenvalue weighted by atomic mass is 32.2. The van der Waals surface area contributed by atoms with Crippen LogP contribution in [-0.4, -0.2) is 28.7 Å². The Bertz CT molecular complexity index is 1070. The highest BCUT2D eigenvalue weighted by Crippen LogP contribution is 2.19. The van der Waals surface area contributed by atoms with E-state index in [4.69, 9.17) is 16.8 Å². The van der Waals surface area contributed by atoms with Gasteiger partial charge in [-0.2, -0.15) is 0 Å². The summed E-state index contributed by atoms with van der Waals surface area (Å²) in [7, 11) is 0. The Morgan fingerprint density at radius 2 is 1.84 bits per heavy atom. The van der Waals surface area contributed by atoms with Crippen LogP contribution in [0.15, 0.2) is 83.5 Å². The molecule has 0 aliphatic heterocycles. The number of nitrogens with zero attached hydrogens (tertiary/aromatic N) is 1. The van der Waals surface area contributed by atoms with Gasteiger partial charge in [-0.1, -0.05) is 60.2 Å². The average molecular weight is 452 g/mol. The number of aryl methyl sites for hydroxylation is 1. The van der Waals surface area contributed by atoms with Gasteiger partial charge in [0.25, 0.3) is 0 Å². The number of benzene rings is 3. The fraction of sp³-hybridized carbons (Fsp3) is 0.208. The monoisotopic (exact) mass is 451 g/mol. The van der Waals surface area contributed by atoms with Crippen LogP contribution >= 0.6 is 11.9 Å². The maximum Gasteiger partial charge on any atom is 0.245 e. The third-order valence-electron chi connectivity index (χ3n) is 5.05. The van der Waals surface area contributed by atoms with Gasteiger partial charge < -0.3 is 10.7 Å². The van der Waals surface area contributed by atoms with Crippen LogP contribution in [0.2, 0.25) is 0 Å². The predicted octanol–water partition coefficient (Wildman–Crippen LogP) is 3.23. The molecule has 0 fully saturated rings. The molecule has 0 aliphatic carbocycles. The lowest BCUT2D eigenvalue weighted by Crippen LogP contribution is -2.42. The molecule has 1 amide bonds. The van der Waals surface area contributed by atoms with E-state index in [1.165, 1.54) is 22.5 Å². The summed E-state index contributed by atoms with van der Waals surface area (Å²) in [6, 6.07) is 22.0. The van der Waals surface area contributed by atoms with Gasteiger partial charge in [-0.05, 0) is 53.8 Å². The second-order valence-electron chi connectivity index (χ2n) is 7.67. The largest absolute Gasteiger partial charge is 0.400 e. The number of carbonyl (C=O) groups is 1. The number of nitrogens with two attached hydrogens (primary N) is 2. The fourth-order valence-electron chi connectivity index (χ4n) is 3.33. The van der Waals surface area contributed by atoms with Crippen LogP contribution in [0.4, 0.5) is 0 Å². The first-order valence-corrected chi connectivity index (χ1v) is 11.1. The van der Waals surface area contributed by atoms with Crippen molar-refractivity contribution in [2.24, 2.45) is 11.6 Å². The number of nitrogens with one attached hydrogen (secondary N) is 2. The first-order chi connectivity index (χ1) is 15.4. The molecule has 1 unspecified atom stereocenters. The van der Waals surface area contributed by atoms with Crippen LogP contribution in [0.1, 0.15) is 17.5 Å². The molecule has 7 nitrogen and oxygen atoms in total. The maximum atomic E-state index is 11.9. The van der Waals surface area contributed by atoms with Crippen molar-refractivity contribution in [3.05, 3.63) is 89.8 Å². The van der Waals surface area contributed by atoms with E-state index in [2.05, 4.69) is 29.0 Å². The van der Waals surface area contributed by atoms with E-state index in [1.54, 1.807) is 11.7 Å². The summed E-state index contributed by atoms with van der Waals surface area (Å²) >= 11 is 1.48. The average Bonchev–Trinajstić information content (AvgIpc) is 2.79. The maximum absolute atomic E-state index is 11.9. The summed E-state index contributed by atoms with van der Waals surface area (Å²) in [6.45, 7) is 2.46. The van der Waals surface area contributed by atoms with Crippen LogP contribution in [0.25, 0.3) is 10.8 Å². The highest BCUT2D eigenvalue weighted by molar-refractivity contribution is 7.97. The lowest BCUT2D eigenvalue weighted by atomic mass is 9.99. The predicted molar refractivity (Wildman–Crippen MR) is 129 cm³/mol. The zero-order chi connectivity index (χ0) is 22.9. The van der Waals surface area contributed by atoms with E-state index in [0.717, 1.165) is 21.2 Å². The summed E-state index contributed by atoms with van der Waals surface area (Å²) in [5.74, 6) is 5.75. The van der Waals surface area contributed by atoms with Crippen molar-refractivity contribution in [2.45, 2.75) is 30.7 Å². The minimum absolute atomic E-state index is 0.0230. The lowest BCUT2D eigenvalue weighted by molar-refractivity contribution is -0.130. The van der Waals surface area contributed by atoms with Crippen LogP contribution in [0.5, 0.6) is 0 Å². The molecule has 0 spiro atoms. The molecule has 0 saturated carbocycles. The van der Waals surface area contributed by atoms with Gasteiger partial charge in [0.1, 0.15) is 0 Å². The van der Waals surface area contributed by atoms with Crippen molar-refractivity contribution in [1.82, 2.24) is 15.2 Å². The van der Waals surface area contributed by atoms with Gasteiger partial charge >= 0.3 is 0 Å². The zero-order valence-electron chi connectivity index (χ0n) is 18.0. The van der Waals surface area contributed by atoms with E-state index in [-0.39, 0.29) is 12.5 Å². The molecule has 32 heavy (non-hydrogen) atoms. The van der Waals surface area contributed by atoms with Crippen molar-refractivity contribution in [1.29, 1.82) is 0 Å². The second-order valence-corrected chi connectivity index (χ2v) is 8.63. The topological polar surface area (TPSA) is 117 Å². The molecule has 0 heterocycles. The fourth-order valence-corrected chi connectivity index (χ4v) is 4.01. The van der Waals surface area contributed by atoms with Crippen LogP contribution in [0.3, 0.4) is 0 Å². The molecule has 3 aromatic rings. The number of hydrogen-bond acceptors (Lipinski definition) is 7. The van der Waals surface area contributed by atoms with Gasteiger partial charge in [0, 0.05) is 23.3 Å². The second kappa shape index (κ2) is 11.5. The Hall–Kier alpha value is -3.04. The summed E-state index contributed by atoms with van der Waals surface area (Å²) in [5, 5.41) is 12.7. The first kappa shape index (κ1) is 23.6. The Morgan fingerprint density at radius 3 is 2.56 bits per heavy atom. The molecule has 168 valence electrons. The summed E-state index contributed by atoms with van der Waals surface area (Å²) < 4.78 is 3.21. The Labute approximate surface area is 192 Å². The summed E-state index contributed by atoms with van der Waals surface area (Å²) in [5.41, 5.74) is 10.6. The van der Waals surface area contributed by atoms with E-state index < -0.39 is 5.91 Å². The van der Waals surface area contributed by atoms with Gasteiger partial charge in [0.15, 0.2) is 0 Å². The molecule has 0 aromatic heterocycles. The smallest absolute Gasteiger partial charge is 0.245 e. The van der Waals surface area contributed by atoms with Gasteiger partial charge in [0.2, 0.25) is 5.91 Å². The molecule has 0 radical (unpaired) electrons. The molecule has 0 aliphatic rings. The number of carbonyl (C=O) groups excluding carboxylic acids is 1. The molecule has 1 atom stereocenters. The number of amides is 1. The van der Waals surface area contributed by atoms with E-state index >= 15 is 0 Å². The number of hydrazine groups is 1. The normalized spacial score (nSPS) is 12.5. The summed E-state index contributed by atoms with van der Waals surface area (Å²) in [6.07, 6.45) is 2.16. The van der Waals surface area contributed by atoms with Crippen LogP contribution in [-0.2, 0) is 11.2 Å². The Balaban J connectivity index is 1.64. The Kier molecular flexibility index (Phi) is 8.52. The van der Waals surface area contributed by atoms with Crippen molar-refractivity contribution >= 4 is 28.6 Å². The standard InChI is InChI=1S/C24H29N5O2S/c1-17-6-10-23(11-7-17)32-27-15-21(25)16-29(26)22(14-24(30)28-31)13-18-8-9-19-4-2-3-5-20(19)12-18/h2-12,16,22,27,31H,13-15,25-26H2,1H3,(H,28,30)/b21-16-. The molecule has 8 heteroatoms. The van der Waals surface area contributed by atoms with Crippen molar-refractivity contribution in [3.8, 4) is 0 Å². The SMILES string of the molecule is Cc1ccc(SNC/C(N)=C/N(N)C(CC(=O)NO)Cc2ccc3ccccc3c2)cc1. The highest BCUT2D eigenvalue weighted by Gasteiger charge is 2.19. The summed E-state index contributed by atoms with van der Waals surface area (Å²) in [4.78, 5) is 12.9. The minimum Gasteiger partial charge on any atom is -0.400 e. The molecular formula is C24H29N5O2S. The molecule has 7 N–H and O–H groups in total. The van der Waals surface area contributed by atoms with Gasteiger partial charge in [-0.3, -0.25) is 14.7 Å². The zero-order valence-corrected chi connectivity index (χ0v) is 18.8. The van der Waals surface area contributed by atoms with Gasteiger partial charge in [0.05, 0.1) is 12.5 Å². The van der Waals surface area contributed by atoms with Gasteiger partial charge in [-0.15, -0.1) is 0 Å². The molecule has 0 bridgehead atoms. The van der Waals surface area contributed by atoms with Crippen molar-refractivity contribution < 1.29 is 10.0 Å². The quantitative estimate of drug-likeness (QED) is 0.139. The molecule has 0 saturated heterocycles. The van der Waals surface area contributed by atoms with Crippen LogP contribution in [0, 0.1) is 6.92 Å². The van der Waals surface area contributed by atoms with Crippen molar-refractivity contribution in [3.63, 3.8) is 0 Å². The lowest BCUT2D eigenvalue weighted by Gasteiger charge is -2.26. The van der Waals surface area contributed by atoms with Crippen molar-refractivity contribution in [2.75, 3.05) is 6.54 Å². The van der Waals surface area contributed by atoms with Gasteiger partial charge in [-0.25, -0.2) is 11.3 Å². The molecule has 3 rings (SSSR count). The van der Waals surface area contributed by atoms with Crippen LogP contribution < -0.4 is 21.8 Å². The number of rotatable bonds is 10. The van der Waals surface area contributed by atoms with E-state index in [0.29, 0.717) is 18.7 Å². The van der Waals surface area contributed by atoms with E-state index in [9.17, 15) is 4.79 Å². The number of fused-ring (bicyclic) bond motifs is 1. The number of hydrogen-bond donors (Lipinski definition) is 5. The first-order valence-electron chi connectivity index (χ1n) is 10.3.